The van der Waals surface area contributed by atoms with Crippen LogP contribution in [0.5, 0.6) is 0 Å². The third kappa shape index (κ3) is 4.79. The van der Waals surface area contributed by atoms with Crippen LogP contribution in [0.3, 0.4) is 0 Å². The van der Waals surface area contributed by atoms with E-state index in [1.165, 1.54) is 26.3 Å². The zero-order valence-electron chi connectivity index (χ0n) is 19.3. The maximum Gasteiger partial charge on any atom is 0.307 e. The summed E-state index contributed by atoms with van der Waals surface area (Å²) in [6.07, 6.45) is 5.05. The highest BCUT2D eigenvalue weighted by Gasteiger charge is 2.57. The van der Waals surface area contributed by atoms with Crippen molar-refractivity contribution in [3.8, 4) is 0 Å². The first-order valence-corrected chi connectivity index (χ1v) is 10.8. The van der Waals surface area contributed by atoms with Gasteiger partial charge in [0.05, 0.1) is 0 Å². The summed E-state index contributed by atoms with van der Waals surface area (Å²) in [5.41, 5.74) is 1.22. The molecular weight excluding hydrogens is 384 g/mol. The molecule has 4 atom stereocenters. The molecule has 0 spiro atoms. The van der Waals surface area contributed by atoms with Crippen molar-refractivity contribution in [2.24, 2.45) is 22.7 Å². The predicted molar refractivity (Wildman–Crippen MR) is 113 cm³/mol. The fourth-order valence-corrected chi connectivity index (χ4v) is 5.48. The summed E-state index contributed by atoms with van der Waals surface area (Å²) in [7, 11) is 0. The maximum absolute atomic E-state index is 12.1. The molecule has 6 nitrogen and oxygen atoms in total. The van der Waals surface area contributed by atoms with Gasteiger partial charge in [-0.25, -0.2) is 0 Å². The van der Waals surface area contributed by atoms with Crippen molar-refractivity contribution in [3.63, 3.8) is 0 Å². The van der Waals surface area contributed by atoms with E-state index in [0.29, 0.717) is 11.3 Å². The molecule has 2 rings (SSSR count). The normalized spacial score (nSPS) is 30.7. The van der Waals surface area contributed by atoms with E-state index in [1.54, 1.807) is 0 Å². The second-order valence-electron chi connectivity index (χ2n) is 9.28. The number of carbonyl (C=O) groups is 3. The number of esters is 3. The fourth-order valence-electron chi connectivity index (χ4n) is 5.48. The molecule has 1 unspecified atom stereocenters. The van der Waals surface area contributed by atoms with E-state index in [-0.39, 0.29) is 30.5 Å². The maximum atomic E-state index is 12.1. The molecule has 2 aliphatic rings. The average Bonchev–Trinajstić information content (AvgIpc) is 2.65. The third-order valence-corrected chi connectivity index (χ3v) is 7.35. The Hall–Kier alpha value is -2.11. The Labute approximate surface area is 180 Å². The number of hydrogen-bond donors (Lipinski definition) is 0. The standard InChI is InChI=1S/C24H36O6/c1-15-9-8-10-21-23(15,6)12-11-16(2)24(21,7)22(30-19(5)27)20(13-28-17(3)25)14-29-18(4)26/h16,21H,1,8-14H2,2-7H3/t16-,21?,23+,24+/m1/s1. The van der Waals surface area contributed by atoms with E-state index in [2.05, 4.69) is 27.4 Å². The molecule has 0 N–H and O–H groups in total. The smallest absolute Gasteiger partial charge is 0.307 e. The van der Waals surface area contributed by atoms with Crippen LogP contribution in [0.15, 0.2) is 23.5 Å². The van der Waals surface area contributed by atoms with E-state index >= 15 is 0 Å². The van der Waals surface area contributed by atoms with Gasteiger partial charge in [0.15, 0.2) is 0 Å². The lowest BCUT2D eigenvalue weighted by molar-refractivity contribution is -0.144. The van der Waals surface area contributed by atoms with Gasteiger partial charge in [-0.15, -0.1) is 0 Å². The summed E-state index contributed by atoms with van der Waals surface area (Å²) in [5.74, 6) is -0.418. The molecule has 2 saturated carbocycles. The lowest BCUT2D eigenvalue weighted by Crippen LogP contribution is -2.52. The second-order valence-corrected chi connectivity index (χ2v) is 9.28. The first kappa shape index (κ1) is 24.2. The molecule has 0 aromatic rings. The monoisotopic (exact) mass is 420 g/mol. The van der Waals surface area contributed by atoms with Crippen molar-refractivity contribution in [1.82, 2.24) is 0 Å². The number of rotatable bonds is 6. The second kappa shape index (κ2) is 9.36. The first-order chi connectivity index (χ1) is 13.9. The van der Waals surface area contributed by atoms with Crippen LogP contribution in [0.2, 0.25) is 0 Å². The molecule has 0 aromatic carbocycles. The van der Waals surface area contributed by atoms with Crippen LogP contribution in [0.1, 0.15) is 73.6 Å². The van der Waals surface area contributed by atoms with Crippen LogP contribution in [0.25, 0.3) is 0 Å². The Kier molecular flexibility index (Phi) is 7.54. The molecule has 2 aliphatic carbocycles. The third-order valence-electron chi connectivity index (χ3n) is 7.35. The van der Waals surface area contributed by atoms with E-state index in [0.717, 1.165) is 32.1 Å². The van der Waals surface area contributed by atoms with E-state index < -0.39 is 23.3 Å². The van der Waals surface area contributed by atoms with Crippen molar-refractivity contribution in [1.29, 1.82) is 0 Å². The lowest BCUT2D eigenvalue weighted by atomic mass is 9.46. The van der Waals surface area contributed by atoms with Crippen LogP contribution >= 0.6 is 0 Å². The van der Waals surface area contributed by atoms with Gasteiger partial charge < -0.3 is 14.2 Å². The van der Waals surface area contributed by atoms with Crippen LogP contribution in [0, 0.1) is 22.7 Å². The van der Waals surface area contributed by atoms with Crippen molar-refractivity contribution in [2.75, 3.05) is 13.2 Å². The Balaban J connectivity index is 2.64. The van der Waals surface area contributed by atoms with Gasteiger partial charge in [0.1, 0.15) is 19.0 Å². The molecule has 0 amide bonds. The molecular formula is C24H36O6. The number of carbonyl (C=O) groups excluding carboxylic acids is 3. The molecule has 0 aromatic heterocycles. The molecule has 6 heteroatoms. The minimum atomic E-state index is -0.488. The highest BCUT2D eigenvalue weighted by Crippen LogP contribution is 2.64. The van der Waals surface area contributed by atoms with E-state index in [9.17, 15) is 14.4 Å². The van der Waals surface area contributed by atoms with Gasteiger partial charge in [0.25, 0.3) is 0 Å². The van der Waals surface area contributed by atoms with Crippen molar-refractivity contribution >= 4 is 17.9 Å². The minimum Gasteiger partial charge on any atom is -0.461 e. The average molecular weight is 421 g/mol. The summed E-state index contributed by atoms with van der Waals surface area (Å²) in [6.45, 7) is 14.8. The van der Waals surface area contributed by atoms with Gasteiger partial charge in [-0.1, -0.05) is 32.9 Å². The minimum absolute atomic E-state index is 0.0567. The van der Waals surface area contributed by atoms with Crippen molar-refractivity contribution < 1.29 is 28.6 Å². The van der Waals surface area contributed by atoms with Crippen LogP contribution in [0.4, 0.5) is 0 Å². The Bertz CT molecular complexity index is 731. The lowest BCUT2D eigenvalue weighted by Gasteiger charge is -2.58. The van der Waals surface area contributed by atoms with Gasteiger partial charge in [-0.3, -0.25) is 14.4 Å². The first-order valence-electron chi connectivity index (χ1n) is 10.8. The summed E-state index contributed by atoms with van der Waals surface area (Å²) in [6, 6.07) is 0. The molecule has 30 heavy (non-hydrogen) atoms. The highest BCUT2D eigenvalue weighted by molar-refractivity contribution is 5.68. The number of fused-ring (bicyclic) bond motifs is 1. The molecule has 2 fully saturated rings. The topological polar surface area (TPSA) is 78.9 Å². The molecule has 0 bridgehead atoms. The van der Waals surface area contributed by atoms with Crippen LogP contribution < -0.4 is 0 Å². The van der Waals surface area contributed by atoms with Crippen LogP contribution in [-0.4, -0.2) is 31.1 Å². The van der Waals surface area contributed by atoms with E-state index in [4.69, 9.17) is 14.2 Å². The van der Waals surface area contributed by atoms with Gasteiger partial charge in [0, 0.05) is 31.8 Å². The van der Waals surface area contributed by atoms with Gasteiger partial charge in [-0.2, -0.15) is 0 Å². The van der Waals surface area contributed by atoms with Gasteiger partial charge >= 0.3 is 17.9 Å². The Morgan fingerprint density at radius 1 is 1.00 bits per heavy atom. The summed E-state index contributed by atoms with van der Waals surface area (Å²) in [5, 5.41) is 0. The SMILES string of the molecule is C=C1CCCC2[C@@]1(C)CC[C@@H](C)[C@]2(C)C(OC(C)=O)=C(COC(C)=O)COC(C)=O. The Morgan fingerprint density at radius 2 is 1.57 bits per heavy atom. The number of ether oxygens (including phenoxy) is 3. The van der Waals surface area contributed by atoms with Crippen molar-refractivity contribution in [2.45, 2.75) is 73.6 Å². The molecule has 0 radical (unpaired) electrons. The van der Waals surface area contributed by atoms with Crippen molar-refractivity contribution in [3.05, 3.63) is 23.5 Å². The summed E-state index contributed by atoms with van der Waals surface area (Å²) < 4.78 is 16.4. The zero-order chi connectivity index (χ0) is 22.7. The van der Waals surface area contributed by atoms with Gasteiger partial charge in [-0.05, 0) is 49.4 Å². The number of hydrogen-bond acceptors (Lipinski definition) is 6. The largest absolute Gasteiger partial charge is 0.461 e. The highest BCUT2D eigenvalue weighted by atomic mass is 16.6. The number of allylic oxidation sites excluding steroid dienone is 2. The summed E-state index contributed by atoms with van der Waals surface area (Å²) in [4.78, 5) is 35.1. The molecule has 0 saturated heterocycles. The molecule has 0 heterocycles. The zero-order valence-corrected chi connectivity index (χ0v) is 19.3. The van der Waals surface area contributed by atoms with Crippen LogP contribution in [-0.2, 0) is 28.6 Å². The Morgan fingerprint density at radius 3 is 2.07 bits per heavy atom. The molecule has 0 aliphatic heterocycles. The molecule has 168 valence electrons. The fraction of sp³-hybridized carbons (Fsp3) is 0.708. The predicted octanol–water partition coefficient (Wildman–Crippen LogP) is 4.73. The van der Waals surface area contributed by atoms with E-state index in [1.807, 2.05) is 0 Å². The van der Waals surface area contributed by atoms with Gasteiger partial charge in [0.2, 0.25) is 0 Å². The summed E-state index contributed by atoms with van der Waals surface area (Å²) >= 11 is 0. The quantitative estimate of drug-likeness (QED) is 0.268.